The van der Waals surface area contributed by atoms with Crippen molar-refractivity contribution in [3.63, 3.8) is 0 Å². The number of sulfonamides is 1. The summed E-state index contributed by atoms with van der Waals surface area (Å²) in [6, 6.07) is 13.6. The summed E-state index contributed by atoms with van der Waals surface area (Å²) in [6.45, 7) is 2.16. The number of carbonyl (C=O) groups excluding carboxylic acids is 1. The van der Waals surface area contributed by atoms with E-state index in [1.807, 2.05) is 24.3 Å². The topological polar surface area (TPSA) is 115 Å². The molecular weight excluding hydrogens is 466 g/mol. The quantitative estimate of drug-likeness (QED) is 0.370. The van der Waals surface area contributed by atoms with Gasteiger partial charge >= 0.3 is 6.09 Å². The van der Waals surface area contributed by atoms with Crippen molar-refractivity contribution < 1.29 is 22.7 Å². The predicted octanol–water partition coefficient (Wildman–Crippen LogP) is 5.25. The number of H-pyrrole nitrogens is 1. The second-order valence-corrected chi connectivity index (χ2v) is 10.7. The summed E-state index contributed by atoms with van der Waals surface area (Å²) in [7, 11) is -2.51. The lowest BCUT2D eigenvalue weighted by molar-refractivity contribution is 0.00742. The summed E-state index contributed by atoms with van der Waals surface area (Å²) in [5, 5.41) is 0.998. The van der Waals surface area contributed by atoms with Gasteiger partial charge in [-0.3, -0.25) is 0 Å². The average Bonchev–Trinajstić information content (AvgIpc) is 3.22. The number of ether oxygens (including phenoxy) is 2. The minimum Gasteiger partial charge on any atom is -0.497 e. The molecule has 0 bridgehead atoms. The monoisotopic (exact) mass is 499 g/mol. The first-order valence-electron chi connectivity index (χ1n) is 12.1. The molecule has 2 atom stereocenters. The molecule has 3 N–H and O–H groups in total. The molecule has 0 saturated heterocycles. The van der Waals surface area contributed by atoms with E-state index in [0.717, 1.165) is 54.3 Å². The van der Waals surface area contributed by atoms with Crippen molar-refractivity contribution >= 4 is 27.0 Å². The van der Waals surface area contributed by atoms with Gasteiger partial charge in [0.25, 0.3) is 0 Å². The van der Waals surface area contributed by atoms with Crippen molar-refractivity contribution in [2.24, 2.45) is 5.73 Å². The molecule has 8 nitrogen and oxygen atoms in total. The Balaban J connectivity index is 1.80. The fourth-order valence-electron chi connectivity index (χ4n) is 4.95. The highest BCUT2D eigenvalue weighted by atomic mass is 32.2. The number of rotatable bonds is 10. The number of nitrogens with two attached hydrogens (primary N) is 1. The van der Waals surface area contributed by atoms with Crippen molar-refractivity contribution in [2.75, 3.05) is 7.11 Å². The smallest absolute Gasteiger partial charge is 0.406 e. The molecule has 2 heterocycles. The summed E-state index contributed by atoms with van der Waals surface area (Å²) in [5.41, 5.74) is 8.15. The van der Waals surface area contributed by atoms with Crippen LogP contribution < -0.4 is 10.5 Å². The van der Waals surface area contributed by atoms with Crippen molar-refractivity contribution in [3.05, 3.63) is 59.8 Å². The van der Waals surface area contributed by atoms with Gasteiger partial charge in [0.15, 0.2) is 6.23 Å². The molecule has 0 radical (unpaired) electrons. The van der Waals surface area contributed by atoms with Gasteiger partial charge in [-0.15, -0.1) is 0 Å². The zero-order valence-electron chi connectivity index (χ0n) is 20.2. The summed E-state index contributed by atoms with van der Waals surface area (Å²) < 4.78 is 39.9. The molecule has 3 aromatic rings. The molecule has 4 rings (SSSR count). The third-order valence-electron chi connectivity index (χ3n) is 6.62. The lowest BCUT2D eigenvalue weighted by Crippen LogP contribution is -2.49. The number of primary amides is 1. The van der Waals surface area contributed by atoms with Crippen LogP contribution in [-0.2, 0) is 21.2 Å². The molecule has 1 amide bonds. The Kier molecular flexibility index (Phi) is 7.66. The number of hydrogen-bond acceptors (Lipinski definition) is 5. The molecular formula is C26H33N3O5S. The number of amides is 1. The average molecular weight is 500 g/mol. The first kappa shape index (κ1) is 25.1. The molecule has 2 aromatic carbocycles. The van der Waals surface area contributed by atoms with E-state index in [9.17, 15) is 13.2 Å². The maximum Gasteiger partial charge on any atom is 0.406 e. The lowest BCUT2D eigenvalue weighted by atomic mass is 9.94. The van der Waals surface area contributed by atoms with Crippen LogP contribution in [0.15, 0.2) is 53.4 Å². The number of aromatic amines is 1. The summed E-state index contributed by atoms with van der Waals surface area (Å²) in [6.07, 6.45) is 3.96. The number of benzene rings is 2. The minimum absolute atomic E-state index is 0.104. The highest BCUT2D eigenvalue weighted by Crippen LogP contribution is 2.43. The fraction of sp³-hybridized carbons (Fsp3) is 0.423. The predicted molar refractivity (Wildman–Crippen MR) is 135 cm³/mol. The largest absolute Gasteiger partial charge is 0.497 e. The number of methoxy groups -OCH3 is 1. The number of aromatic nitrogens is 1. The van der Waals surface area contributed by atoms with Crippen LogP contribution in [0.3, 0.4) is 0 Å². The fourth-order valence-corrected chi connectivity index (χ4v) is 6.65. The van der Waals surface area contributed by atoms with Gasteiger partial charge < -0.3 is 20.2 Å². The molecule has 0 fully saturated rings. The van der Waals surface area contributed by atoms with E-state index >= 15 is 0 Å². The Hall–Kier alpha value is -3.04. The summed E-state index contributed by atoms with van der Waals surface area (Å²) in [4.78, 5) is 15.4. The number of nitrogens with zero attached hydrogens (tertiary/aromatic N) is 1. The molecule has 0 aliphatic carbocycles. The Labute approximate surface area is 206 Å². The standard InChI is InChI=1S/C26H33N3O5S/c1-3-4-5-6-7-12-23-25-21(20-10-8-9-11-22(20)28-25)17-24(34-26(27)30)29(23)35(31,32)19-15-13-18(33-2)14-16-19/h8-11,13-16,23-24,28H,3-7,12,17H2,1-2H3,(H2,27,30)/t23?,24-/m1/s1. The van der Waals surface area contributed by atoms with E-state index in [2.05, 4.69) is 11.9 Å². The van der Waals surface area contributed by atoms with Crippen LogP contribution >= 0.6 is 0 Å². The van der Waals surface area contributed by atoms with E-state index in [1.165, 1.54) is 23.5 Å². The van der Waals surface area contributed by atoms with Crippen LogP contribution in [0.1, 0.15) is 62.7 Å². The Morgan fingerprint density at radius 2 is 1.80 bits per heavy atom. The molecule has 1 aliphatic heterocycles. The van der Waals surface area contributed by atoms with Crippen LogP contribution in [0.25, 0.3) is 10.9 Å². The van der Waals surface area contributed by atoms with Gasteiger partial charge in [0.05, 0.1) is 18.0 Å². The number of hydrogen-bond donors (Lipinski definition) is 2. The lowest BCUT2D eigenvalue weighted by Gasteiger charge is -2.40. The number of unbranched alkanes of at least 4 members (excludes halogenated alkanes) is 4. The maximum atomic E-state index is 14.0. The highest BCUT2D eigenvalue weighted by molar-refractivity contribution is 7.89. The molecule has 1 aliphatic rings. The summed E-state index contributed by atoms with van der Waals surface area (Å²) >= 11 is 0. The third kappa shape index (κ3) is 5.16. The van der Waals surface area contributed by atoms with Gasteiger partial charge in [0.1, 0.15) is 5.75 Å². The van der Waals surface area contributed by atoms with Crippen molar-refractivity contribution in [1.29, 1.82) is 0 Å². The normalized spacial score (nSPS) is 18.3. The number of fused-ring (bicyclic) bond motifs is 3. The zero-order chi connectivity index (χ0) is 25.0. The summed E-state index contributed by atoms with van der Waals surface area (Å²) in [5.74, 6) is 0.554. The van der Waals surface area contributed by atoms with Gasteiger partial charge in [-0.1, -0.05) is 57.2 Å². The zero-order valence-corrected chi connectivity index (χ0v) is 21.0. The maximum absolute atomic E-state index is 14.0. The van der Waals surface area contributed by atoms with Crippen LogP contribution in [0, 0.1) is 0 Å². The van der Waals surface area contributed by atoms with Gasteiger partial charge in [0, 0.05) is 23.0 Å². The molecule has 9 heteroatoms. The second-order valence-electron chi connectivity index (χ2n) is 8.89. The molecule has 1 aromatic heterocycles. The van der Waals surface area contributed by atoms with Crippen LogP contribution in [-0.4, -0.2) is 37.1 Å². The number of carbonyl (C=O) groups is 1. The Morgan fingerprint density at radius 3 is 2.49 bits per heavy atom. The van der Waals surface area contributed by atoms with Crippen molar-refractivity contribution in [2.45, 2.75) is 69.0 Å². The molecule has 188 valence electrons. The highest BCUT2D eigenvalue weighted by Gasteiger charge is 2.45. The van der Waals surface area contributed by atoms with Crippen LogP contribution in [0.4, 0.5) is 4.79 Å². The minimum atomic E-state index is -4.03. The Morgan fingerprint density at radius 1 is 1.09 bits per heavy atom. The van der Waals surface area contributed by atoms with Crippen LogP contribution in [0.2, 0.25) is 0 Å². The Bertz CT molecular complexity index is 1270. The first-order chi connectivity index (χ1) is 16.9. The van der Waals surface area contributed by atoms with E-state index in [4.69, 9.17) is 15.2 Å². The van der Waals surface area contributed by atoms with Crippen molar-refractivity contribution in [1.82, 2.24) is 9.29 Å². The van der Waals surface area contributed by atoms with Gasteiger partial charge in [-0.05, 0) is 42.3 Å². The first-order valence-corrected chi connectivity index (χ1v) is 13.5. The van der Waals surface area contributed by atoms with Crippen LogP contribution in [0.5, 0.6) is 5.75 Å². The second kappa shape index (κ2) is 10.7. The van der Waals surface area contributed by atoms with Gasteiger partial charge in [-0.25, -0.2) is 13.2 Å². The SMILES string of the molecule is CCCCCCCC1c2[nH]c3ccccc3c2C[C@@H](OC(N)=O)N1S(=O)(=O)c1ccc(OC)cc1. The third-order valence-corrected chi connectivity index (χ3v) is 8.53. The van der Waals surface area contributed by atoms with E-state index in [-0.39, 0.29) is 11.3 Å². The molecule has 0 saturated carbocycles. The number of para-hydroxylation sites is 1. The molecule has 1 unspecified atom stereocenters. The van der Waals surface area contributed by atoms with Crippen molar-refractivity contribution in [3.8, 4) is 5.75 Å². The molecule has 0 spiro atoms. The van der Waals surface area contributed by atoms with E-state index < -0.39 is 28.4 Å². The van der Waals surface area contributed by atoms with E-state index in [1.54, 1.807) is 12.1 Å². The van der Waals surface area contributed by atoms with E-state index in [0.29, 0.717) is 12.2 Å². The molecule has 35 heavy (non-hydrogen) atoms. The van der Waals surface area contributed by atoms with Gasteiger partial charge in [0.2, 0.25) is 10.0 Å². The van der Waals surface area contributed by atoms with Gasteiger partial charge in [-0.2, -0.15) is 4.31 Å². The number of nitrogens with one attached hydrogen (secondary N) is 1.